The van der Waals surface area contributed by atoms with Crippen LogP contribution in [0.4, 0.5) is 5.69 Å². The van der Waals surface area contributed by atoms with Gasteiger partial charge in [-0.3, -0.25) is 4.79 Å². The summed E-state index contributed by atoms with van der Waals surface area (Å²) in [5.74, 6) is -0.0396. The average molecular weight is 289 g/mol. The molecule has 0 saturated carbocycles. The van der Waals surface area contributed by atoms with Crippen LogP contribution in [0.25, 0.3) is 0 Å². The molecule has 0 aliphatic rings. The van der Waals surface area contributed by atoms with Crippen LogP contribution in [0.1, 0.15) is 24.1 Å². The summed E-state index contributed by atoms with van der Waals surface area (Å²) < 4.78 is 0. The molecule has 0 aromatic heterocycles. The molecule has 3 nitrogen and oxygen atoms in total. The van der Waals surface area contributed by atoms with Crippen LogP contribution in [-0.2, 0) is 11.2 Å². The lowest BCUT2D eigenvalue weighted by atomic mass is 10.1. The van der Waals surface area contributed by atoms with E-state index in [1.807, 2.05) is 43.3 Å². The topological polar surface area (TPSA) is 55.1 Å². The lowest BCUT2D eigenvalue weighted by Crippen LogP contribution is -2.28. The summed E-state index contributed by atoms with van der Waals surface area (Å²) in [6.45, 7) is 1.92. The number of nitrogens with one attached hydrogen (secondary N) is 1. The van der Waals surface area contributed by atoms with E-state index in [1.165, 1.54) is 0 Å². The number of anilines is 1. The van der Waals surface area contributed by atoms with Crippen LogP contribution in [0.5, 0.6) is 0 Å². The van der Waals surface area contributed by atoms with E-state index in [1.54, 1.807) is 12.1 Å². The second kappa shape index (κ2) is 6.44. The third kappa shape index (κ3) is 3.75. The molecule has 0 fully saturated rings. The smallest absolute Gasteiger partial charge is 0.224 e. The van der Waals surface area contributed by atoms with Crippen molar-refractivity contribution in [3.05, 3.63) is 64.7 Å². The quantitative estimate of drug-likeness (QED) is 0.848. The van der Waals surface area contributed by atoms with Crippen molar-refractivity contribution in [1.29, 1.82) is 0 Å². The van der Waals surface area contributed by atoms with E-state index in [-0.39, 0.29) is 11.9 Å². The number of nitrogens with two attached hydrogens (primary N) is 1. The number of hydrogen-bond acceptors (Lipinski definition) is 2. The highest BCUT2D eigenvalue weighted by atomic mass is 35.5. The van der Waals surface area contributed by atoms with Crippen LogP contribution in [0.15, 0.2) is 48.5 Å². The zero-order chi connectivity index (χ0) is 14.5. The lowest BCUT2D eigenvalue weighted by molar-refractivity contribution is -0.121. The summed E-state index contributed by atoms with van der Waals surface area (Å²) in [7, 11) is 0. The van der Waals surface area contributed by atoms with Crippen LogP contribution in [0.3, 0.4) is 0 Å². The Bertz CT molecular complexity index is 596. The average Bonchev–Trinajstić information content (AvgIpc) is 2.41. The molecule has 2 aromatic carbocycles. The lowest BCUT2D eigenvalue weighted by Gasteiger charge is -2.15. The monoisotopic (exact) mass is 288 g/mol. The van der Waals surface area contributed by atoms with Gasteiger partial charge in [0, 0.05) is 10.7 Å². The highest BCUT2D eigenvalue weighted by Gasteiger charge is 2.12. The molecule has 104 valence electrons. The minimum Gasteiger partial charge on any atom is -0.399 e. The van der Waals surface area contributed by atoms with Crippen molar-refractivity contribution >= 4 is 23.2 Å². The molecule has 0 saturated heterocycles. The SMILES string of the molecule is CC(NC(=O)Cc1ccc(N)cc1)c1ccccc1Cl. The first-order valence-corrected chi connectivity index (χ1v) is 6.82. The van der Waals surface area contributed by atoms with Crippen molar-refractivity contribution < 1.29 is 4.79 Å². The van der Waals surface area contributed by atoms with Crippen LogP contribution in [0, 0.1) is 0 Å². The molecule has 0 spiro atoms. The van der Waals surface area contributed by atoms with E-state index in [0.717, 1.165) is 11.1 Å². The number of carbonyl (C=O) groups excluding carboxylic acids is 1. The minimum atomic E-state index is -0.120. The summed E-state index contributed by atoms with van der Waals surface area (Å²) in [4.78, 5) is 12.0. The van der Waals surface area contributed by atoms with Crippen molar-refractivity contribution in [3.8, 4) is 0 Å². The van der Waals surface area contributed by atoms with E-state index in [2.05, 4.69) is 5.32 Å². The predicted molar refractivity (Wildman–Crippen MR) is 82.6 cm³/mol. The Hall–Kier alpha value is -2.00. The van der Waals surface area contributed by atoms with E-state index >= 15 is 0 Å². The highest BCUT2D eigenvalue weighted by molar-refractivity contribution is 6.31. The van der Waals surface area contributed by atoms with Gasteiger partial charge in [-0.05, 0) is 36.2 Å². The Morgan fingerprint density at radius 2 is 1.85 bits per heavy atom. The number of rotatable bonds is 4. The Balaban J connectivity index is 1.98. The van der Waals surface area contributed by atoms with Gasteiger partial charge in [0.05, 0.1) is 12.5 Å². The maximum absolute atomic E-state index is 12.0. The number of hydrogen-bond donors (Lipinski definition) is 2. The molecule has 20 heavy (non-hydrogen) atoms. The van der Waals surface area contributed by atoms with Gasteiger partial charge in [0.1, 0.15) is 0 Å². The normalized spacial score (nSPS) is 11.9. The number of carbonyl (C=O) groups is 1. The van der Waals surface area contributed by atoms with Gasteiger partial charge in [-0.1, -0.05) is 41.9 Å². The standard InChI is InChI=1S/C16H17ClN2O/c1-11(14-4-2-3-5-15(14)17)19-16(20)10-12-6-8-13(18)9-7-12/h2-9,11H,10,18H2,1H3,(H,19,20). The highest BCUT2D eigenvalue weighted by Crippen LogP contribution is 2.22. The Labute approximate surface area is 123 Å². The minimum absolute atomic E-state index is 0.0396. The van der Waals surface area contributed by atoms with Gasteiger partial charge >= 0.3 is 0 Å². The van der Waals surface area contributed by atoms with Gasteiger partial charge in [-0.15, -0.1) is 0 Å². The molecule has 0 radical (unpaired) electrons. The van der Waals surface area contributed by atoms with Crippen molar-refractivity contribution in [2.24, 2.45) is 0 Å². The molecule has 0 aliphatic carbocycles. The maximum Gasteiger partial charge on any atom is 0.224 e. The Kier molecular flexibility index (Phi) is 4.64. The fraction of sp³-hybridized carbons (Fsp3) is 0.188. The van der Waals surface area contributed by atoms with Crippen LogP contribution < -0.4 is 11.1 Å². The summed E-state index contributed by atoms with van der Waals surface area (Å²) in [5.41, 5.74) is 8.16. The Morgan fingerprint density at radius 1 is 1.20 bits per heavy atom. The number of halogens is 1. The number of amides is 1. The van der Waals surface area contributed by atoms with Crippen molar-refractivity contribution in [1.82, 2.24) is 5.32 Å². The van der Waals surface area contributed by atoms with Gasteiger partial charge in [-0.2, -0.15) is 0 Å². The zero-order valence-electron chi connectivity index (χ0n) is 11.3. The van der Waals surface area contributed by atoms with Gasteiger partial charge in [0.2, 0.25) is 5.91 Å². The van der Waals surface area contributed by atoms with Crippen LogP contribution in [-0.4, -0.2) is 5.91 Å². The summed E-state index contributed by atoms with van der Waals surface area (Å²) in [5, 5.41) is 3.61. The molecule has 1 atom stereocenters. The second-order valence-electron chi connectivity index (χ2n) is 4.73. The first-order chi connectivity index (χ1) is 9.56. The molecule has 1 amide bonds. The molecule has 0 heterocycles. The Morgan fingerprint density at radius 3 is 2.50 bits per heavy atom. The summed E-state index contributed by atoms with van der Waals surface area (Å²) >= 11 is 6.11. The predicted octanol–water partition coefficient (Wildman–Crippen LogP) is 3.34. The van der Waals surface area contributed by atoms with Crippen molar-refractivity contribution in [3.63, 3.8) is 0 Å². The molecule has 3 N–H and O–H groups in total. The molecule has 2 rings (SSSR count). The van der Waals surface area contributed by atoms with E-state index in [4.69, 9.17) is 17.3 Å². The number of benzene rings is 2. The van der Waals surface area contributed by atoms with E-state index in [9.17, 15) is 4.79 Å². The molecular weight excluding hydrogens is 272 g/mol. The molecule has 0 aliphatic heterocycles. The largest absolute Gasteiger partial charge is 0.399 e. The van der Waals surface area contributed by atoms with E-state index in [0.29, 0.717) is 17.1 Å². The molecular formula is C16H17ClN2O. The fourth-order valence-electron chi connectivity index (χ4n) is 2.02. The summed E-state index contributed by atoms with van der Waals surface area (Å²) in [6.07, 6.45) is 0.328. The zero-order valence-corrected chi connectivity index (χ0v) is 12.0. The summed E-state index contributed by atoms with van der Waals surface area (Å²) in [6, 6.07) is 14.7. The van der Waals surface area contributed by atoms with E-state index < -0.39 is 0 Å². The van der Waals surface area contributed by atoms with Gasteiger partial charge in [0.25, 0.3) is 0 Å². The first-order valence-electron chi connectivity index (χ1n) is 6.44. The molecule has 1 unspecified atom stereocenters. The maximum atomic E-state index is 12.0. The van der Waals surface area contributed by atoms with Gasteiger partial charge in [-0.25, -0.2) is 0 Å². The second-order valence-corrected chi connectivity index (χ2v) is 5.14. The van der Waals surface area contributed by atoms with Gasteiger partial charge < -0.3 is 11.1 Å². The number of nitrogen functional groups attached to an aromatic ring is 1. The third-order valence-corrected chi connectivity index (χ3v) is 3.44. The molecule has 4 heteroatoms. The molecule has 2 aromatic rings. The van der Waals surface area contributed by atoms with Crippen molar-refractivity contribution in [2.75, 3.05) is 5.73 Å². The first kappa shape index (κ1) is 14.4. The fourth-order valence-corrected chi connectivity index (χ4v) is 2.32. The van der Waals surface area contributed by atoms with Crippen LogP contribution in [0.2, 0.25) is 5.02 Å². The van der Waals surface area contributed by atoms with Crippen molar-refractivity contribution in [2.45, 2.75) is 19.4 Å². The molecule has 0 bridgehead atoms. The third-order valence-electron chi connectivity index (χ3n) is 3.09. The van der Waals surface area contributed by atoms with Gasteiger partial charge in [0.15, 0.2) is 0 Å². The van der Waals surface area contributed by atoms with Crippen LogP contribution >= 0.6 is 11.6 Å².